The number of aliphatic hydroxyl groups excluding tert-OH is 2. The highest BCUT2D eigenvalue weighted by molar-refractivity contribution is 4.99. The minimum absolute atomic E-state index is 0.205. The predicted octanol–water partition coefficient (Wildman–Crippen LogP) is 1.95. The molecule has 0 heterocycles. The van der Waals surface area contributed by atoms with E-state index in [1.54, 1.807) is 0 Å². The first-order valence-corrected chi connectivity index (χ1v) is 4.77. The summed E-state index contributed by atoms with van der Waals surface area (Å²) in [6.45, 7) is 6.16. The maximum absolute atomic E-state index is 9.64. The van der Waals surface area contributed by atoms with Gasteiger partial charge in [-0.3, -0.25) is 0 Å². The molecular weight excluding hydrogens is 152 g/mol. The van der Waals surface area contributed by atoms with Gasteiger partial charge in [-0.25, -0.2) is 0 Å². The van der Waals surface area contributed by atoms with Gasteiger partial charge in [0.25, 0.3) is 0 Å². The van der Waals surface area contributed by atoms with Gasteiger partial charge in [-0.1, -0.05) is 20.8 Å². The predicted molar refractivity (Wildman–Crippen MR) is 47.9 cm³/mol. The lowest BCUT2D eigenvalue weighted by molar-refractivity contribution is -0.0111. The largest absolute Gasteiger partial charge is 0.390 e. The molecule has 0 saturated heterocycles. The van der Waals surface area contributed by atoms with Gasteiger partial charge in [0.2, 0.25) is 0 Å². The molecule has 71 valence electrons. The van der Waals surface area contributed by atoms with Crippen molar-refractivity contribution in [3.8, 4) is 0 Å². The molecule has 12 heavy (non-hydrogen) atoms. The average Bonchev–Trinajstić information content (AvgIpc) is 2.00. The van der Waals surface area contributed by atoms with E-state index in [0.717, 1.165) is 12.8 Å². The Hall–Kier alpha value is -0.0800. The molecule has 1 aliphatic carbocycles. The first kappa shape index (κ1) is 10.0. The lowest BCUT2D eigenvalue weighted by atomic mass is 9.74. The van der Waals surface area contributed by atoms with Gasteiger partial charge < -0.3 is 10.2 Å². The van der Waals surface area contributed by atoms with E-state index in [0.29, 0.717) is 12.0 Å². The number of aliphatic hydroxyl groups is 2. The van der Waals surface area contributed by atoms with Gasteiger partial charge >= 0.3 is 0 Å². The van der Waals surface area contributed by atoms with Crippen molar-refractivity contribution in [3.05, 3.63) is 6.10 Å². The normalized spacial score (nSPS) is 39.0. The lowest BCUT2D eigenvalue weighted by Gasteiger charge is -2.37. The van der Waals surface area contributed by atoms with E-state index < -0.39 is 6.10 Å². The van der Waals surface area contributed by atoms with E-state index in [4.69, 9.17) is 0 Å². The summed E-state index contributed by atoms with van der Waals surface area (Å²) >= 11 is 0. The molecule has 1 aliphatic rings. The van der Waals surface area contributed by atoms with Crippen LogP contribution in [0, 0.1) is 23.9 Å². The summed E-state index contributed by atoms with van der Waals surface area (Å²) in [4.78, 5) is 0. The van der Waals surface area contributed by atoms with Gasteiger partial charge in [0.15, 0.2) is 0 Å². The molecule has 0 aromatic carbocycles. The number of rotatable bonds is 1. The Morgan fingerprint density at radius 1 is 1.33 bits per heavy atom. The molecule has 1 radical (unpaired) electrons. The molecule has 0 aliphatic heterocycles. The quantitative estimate of drug-likeness (QED) is 0.633. The van der Waals surface area contributed by atoms with Crippen LogP contribution in [0.2, 0.25) is 0 Å². The summed E-state index contributed by atoms with van der Waals surface area (Å²) in [5.74, 6) is 0.864. The molecular formula is C10H19O2. The van der Waals surface area contributed by atoms with Gasteiger partial charge in [0.05, 0.1) is 6.10 Å². The number of hydrogen-bond acceptors (Lipinski definition) is 2. The van der Waals surface area contributed by atoms with E-state index >= 15 is 0 Å². The van der Waals surface area contributed by atoms with Gasteiger partial charge in [0.1, 0.15) is 6.10 Å². The number of hydrogen-bond donors (Lipinski definition) is 2. The zero-order valence-electron chi connectivity index (χ0n) is 8.12. The van der Waals surface area contributed by atoms with E-state index in [1.807, 2.05) is 6.92 Å². The van der Waals surface area contributed by atoms with Crippen LogP contribution in [-0.4, -0.2) is 16.3 Å². The molecule has 2 N–H and O–H groups in total. The smallest absolute Gasteiger partial charge is 0.125 e. The van der Waals surface area contributed by atoms with Crippen molar-refractivity contribution in [2.24, 2.45) is 17.8 Å². The fraction of sp³-hybridized carbons (Fsp3) is 0.900. The minimum atomic E-state index is -0.592. The Labute approximate surface area is 74.6 Å². The van der Waals surface area contributed by atoms with Crippen molar-refractivity contribution in [2.75, 3.05) is 0 Å². The van der Waals surface area contributed by atoms with E-state index in [9.17, 15) is 10.2 Å². The third-order valence-electron chi connectivity index (χ3n) is 2.96. The maximum atomic E-state index is 9.64. The third-order valence-corrected chi connectivity index (χ3v) is 2.96. The maximum Gasteiger partial charge on any atom is 0.125 e. The van der Waals surface area contributed by atoms with Crippen LogP contribution in [0.25, 0.3) is 0 Å². The van der Waals surface area contributed by atoms with Gasteiger partial charge in [-0.05, 0) is 30.6 Å². The molecule has 1 fully saturated rings. The Balaban J connectivity index is 2.58. The monoisotopic (exact) mass is 171 g/mol. The highest BCUT2D eigenvalue weighted by atomic mass is 16.3. The molecule has 1 rings (SSSR count). The van der Waals surface area contributed by atoms with Crippen molar-refractivity contribution in [1.29, 1.82) is 0 Å². The molecule has 2 heteroatoms. The van der Waals surface area contributed by atoms with Gasteiger partial charge in [0, 0.05) is 0 Å². The summed E-state index contributed by atoms with van der Waals surface area (Å²) in [5, 5.41) is 19.2. The molecule has 3 atom stereocenters. The zero-order chi connectivity index (χ0) is 9.30. The van der Waals surface area contributed by atoms with Crippen molar-refractivity contribution in [3.63, 3.8) is 0 Å². The lowest BCUT2D eigenvalue weighted by Crippen LogP contribution is -2.38. The van der Waals surface area contributed by atoms with Gasteiger partial charge in [-0.15, -0.1) is 0 Å². The molecule has 0 spiro atoms. The van der Waals surface area contributed by atoms with Crippen LogP contribution in [0.5, 0.6) is 0 Å². The first-order valence-electron chi connectivity index (χ1n) is 4.77. The molecule has 3 unspecified atom stereocenters. The van der Waals surface area contributed by atoms with Crippen LogP contribution in [0.4, 0.5) is 0 Å². The third kappa shape index (κ3) is 1.80. The molecule has 0 amide bonds. The topological polar surface area (TPSA) is 40.5 Å². The molecule has 1 saturated carbocycles. The highest BCUT2D eigenvalue weighted by Crippen LogP contribution is 2.37. The van der Waals surface area contributed by atoms with Crippen LogP contribution in [0.1, 0.15) is 33.6 Å². The van der Waals surface area contributed by atoms with E-state index in [-0.39, 0.29) is 11.8 Å². The fourth-order valence-corrected chi connectivity index (χ4v) is 1.93. The summed E-state index contributed by atoms with van der Waals surface area (Å²) in [7, 11) is 0. The van der Waals surface area contributed by atoms with Crippen LogP contribution in [0.3, 0.4) is 0 Å². The van der Waals surface area contributed by atoms with Crippen LogP contribution < -0.4 is 0 Å². The molecule has 2 nitrogen and oxygen atoms in total. The second-order valence-electron chi connectivity index (χ2n) is 4.27. The van der Waals surface area contributed by atoms with Crippen molar-refractivity contribution < 1.29 is 10.2 Å². The minimum Gasteiger partial charge on any atom is -0.390 e. The fourth-order valence-electron chi connectivity index (χ4n) is 1.93. The Bertz CT molecular complexity index is 145. The summed E-state index contributed by atoms with van der Waals surface area (Å²) in [5.41, 5.74) is 0. The van der Waals surface area contributed by atoms with Crippen LogP contribution >= 0.6 is 0 Å². The Morgan fingerprint density at radius 2 is 1.92 bits per heavy atom. The first-order chi connectivity index (χ1) is 5.54. The van der Waals surface area contributed by atoms with Crippen LogP contribution in [-0.2, 0) is 0 Å². The Morgan fingerprint density at radius 3 is 2.42 bits per heavy atom. The molecule has 0 aromatic heterocycles. The second-order valence-corrected chi connectivity index (χ2v) is 4.27. The summed E-state index contributed by atoms with van der Waals surface area (Å²) in [6, 6.07) is 0. The van der Waals surface area contributed by atoms with Crippen molar-refractivity contribution >= 4 is 0 Å². The van der Waals surface area contributed by atoms with E-state index in [2.05, 4.69) is 13.8 Å². The SMILES string of the molecule is CC(C)C1CCC(C)C(O)[C]1O. The summed E-state index contributed by atoms with van der Waals surface area (Å²) < 4.78 is 0. The van der Waals surface area contributed by atoms with Gasteiger partial charge in [-0.2, -0.15) is 0 Å². The average molecular weight is 171 g/mol. The van der Waals surface area contributed by atoms with Crippen LogP contribution in [0.15, 0.2) is 0 Å². The second kappa shape index (κ2) is 3.75. The van der Waals surface area contributed by atoms with Crippen molar-refractivity contribution in [1.82, 2.24) is 0 Å². The highest BCUT2D eigenvalue weighted by Gasteiger charge is 2.37. The summed E-state index contributed by atoms with van der Waals surface area (Å²) in [6.07, 6.45) is 1.76. The standard InChI is InChI=1S/C10H19O2/c1-6(2)8-5-4-7(3)9(11)10(8)12/h6-9,11-12H,4-5H2,1-3H3. The zero-order valence-corrected chi connectivity index (χ0v) is 8.12. The van der Waals surface area contributed by atoms with E-state index in [1.165, 1.54) is 0 Å². The molecule has 0 bridgehead atoms. The van der Waals surface area contributed by atoms with Crippen molar-refractivity contribution in [2.45, 2.75) is 39.7 Å². The Kier molecular flexibility index (Phi) is 3.13. The molecule has 0 aromatic rings.